The number of aromatic nitrogens is 1. The van der Waals surface area contributed by atoms with Crippen molar-refractivity contribution in [3.05, 3.63) is 42.1 Å². The Kier molecular flexibility index (Phi) is 3.26. The molecule has 1 aromatic carbocycles. The first-order valence-corrected chi connectivity index (χ1v) is 6.68. The molecule has 1 saturated carbocycles. The molecule has 0 amide bonds. The minimum Gasteiger partial charge on any atom is -0.271 e. The second-order valence-electron chi connectivity index (χ2n) is 5.17. The average Bonchev–Trinajstić information content (AvgIpc) is 2.38. The molecule has 0 radical (unpaired) electrons. The molecule has 0 saturated heterocycles. The lowest BCUT2D eigenvalue weighted by atomic mass is 9.79. The lowest BCUT2D eigenvalue weighted by Gasteiger charge is -2.30. The Labute approximate surface area is 107 Å². The number of hydrogen-bond acceptors (Lipinski definition) is 3. The van der Waals surface area contributed by atoms with E-state index < -0.39 is 0 Å². The molecule has 1 heterocycles. The predicted molar refractivity (Wildman–Crippen MR) is 73.8 cm³/mol. The smallest absolute Gasteiger partial charge is 0.0705 e. The van der Waals surface area contributed by atoms with Crippen LogP contribution >= 0.6 is 0 Å². The second kappa shape index (κ2) is 5.04. The molecule has 94 valence electrons. The summed E-state index contributed by atoms with van der Waals surface area (Å²) in [4.78, 5) is 4.40. The highest BCUT2D eigenvalue weighted by Crippen LogP contribution is 2.35. The molecule has 0 bridgehead atoms. The monoisotopic (exact) mass is 241 g/mol. The molecule has 3 heteroatoms. The van der Waals surface area contributed by atoms with Crippen LogP contribution in [0.4, 0.5) is 0 Å². The fraction of sp³-hybridized carbons (Fsp3) is 0.400. The second-order valence-corrected chi connectivity index (χ2v) is 5.17. The van der Waals surface area contributed by atoms with E-state index in [1.807, 2.05) is 12.3 Å². The number of fused-ring (bicyclic) bond motifs is 1. The van der Waals surface area contributed by atoms with Crippen molar-refractivity contribution in [2.75, 3.05) is 0 Å². The van der Waals surface area contributed by atoms with Gasteiger partial charge in [-0.05, 0) is 30.0 Å². The Morgan fingerprint density at radius 2 is 2.11 bits per heavy atom. The largest absolute Gasteiger partial charge is 0.271 e. The maximum atomic E-state index is 5.75. The zero-order chi connectivity index (χ0) is 12.4. The van der Waals surface area contributed by atoms with E-state index in [0.29, 0.717) is 0 Å². The summed E-state index contributed by atoms with van der Waals surface area (Å²) >= 11 is 0. The van der Waals surface area contributed by atoms with E-state index in [1.165, 1.54) is 30.2 Å². The van der Waals surface area contributed by atoms with Gasteiger partial charge < -0.3 is 0 Å². The topological polar surface area (TPSA) is 50.9 Å². The van der Waals surface area contributed by atoms with Gasteiger partial charge in [-0.1, -0.05) is 37.5 Å². The molecule has 18 heavy (non-hydrogen) atoms. The molecule has 1 aliphatic rings. The molecular formula is C15H19N3. The van der Waals surface area contributed by atoms with Crippen molar-refractivity contribution >= 4 is 10.9 Å². The van der Waals surface area contributed by atoms with Gasteiger partial charge >= 0.3 is 0 Å². The Hall–Kier alpha value is -1.45. The maximum Gasteiger partial charge on any atom is 0.0705 e. The zero-order valence-corrected chi connectivity index (χ0v) is 10.5. The number of benzene rings is 1. The van der Waals surface area contributed by atoms with E-state index in [4.69, 9.17) is 5.84 Å². The van der Waals surface area contributed by atoms with Gasteiger partial charge in [-0.2, -0.15) is 0 Å². The van der Waals surface area contributed by atoms with E-state index >= 15 is 0 Å². The molecule has 3 nitrogen and oxygen atoms in total. The Bertz CT molecular complexity index is 529. The fourth-order valence-corrected chi connectivity index (χ4v) is 2.77. The highest BCUT2D eigenvalue weighted by atomic mass is 15.2. The van der Waals surface area contributed by atoms with Crippen molar-refractivity contribution in [2.24, 2.45) is 11.8 Å². The normalized spacial score (nSPS) is 17.6. The number of nitrogens with zero attached hydrogens (tertiary/aromatic N) is 1. The van der Waals surface area contributed by atoms with Gasteiger partial charge in [0.15, 0.2) is 0 Å². The number of nitrogens with one attached hydrogen (secondary N) is 1. The van der Waals surface area contributed by atoms with Crippen LogP contribution < -0.4 is 11.3 Å². The summed E-state index contributed by atoms with van der Waals surface area (Å²) in [7, 11) is 0. The SMILES string of the molecule is NNC(CC1CCC1)c1ccnc2ccccc12. The van der Waals surface area contributed by atoms with Gasteiger partial charge in [0.1, 0.15) is 0 Å². The minimum atomic E-state index is 0.239. The number of nitrogens with two attached hydrogens (primary N) is 1. The molecule has 2 aromatic rings. The predicted octanol–water partition coefficient (Wildman–Crippen LogP) is 2.93. The lowest BCUT2D eigenvalue weighted by molar-refractivity contribution is 0.262. The summed E-state index contributed by atoms with van der Waals surface area (Å²) < 4.78 is 0. The van der Waals surface area contributed by atoms with E-state index in [-0.39, 0.29) is 6.04 Å². The minimum absolute atomic E-state index is 0.239. The standard InChI is InChI=1S/C15H19N3/c16-18-15(10-11-4-3-5-11)13-8-9-17-14-7-2-1-6-12(13)14/h1-2,6-9,11,15,18H,3-5,10,16H2. The van der Waals surface area contributed by atoms with Crippen LogP contribution in [0.5, 0.6) is 0 Å². The van der Waals surface area contributed by atoms with Crippen molar-refractivity contribution in [1.82, 2.24) is 10.4 Å². The summed E-state index contributed by atoms with van der Waals surface area (Å²) in [6.45, 7) is 0. The molecular weight excluding hydrogens is 222 g/mol. The average molecular weight is 241 g/mol. The van der Waals surface area contributed by atoms with Crippen LogP contribution in [0.1, 0.15) is 37.3 Å². The van der Waals surface area contributed by atoms with Gasteiger partial charge in [0.2, 0.25) is 0 Å². The van der Waals surface area contributed by atoms with E-state index in [9.17, 15) is 0 Å². The third-order valence-electron chi connectivity index (χ3n) is 4.05. The first-order chi connectivity index (χ1) is 8.88. The van der Waals surface area contributed by atoms with Crippen LogP contribution in [0, 0.1) is 5.92 Å². The maximum absolute atomic E-state index is 5.75. The van der Waals surface area contributed by atoms with Gasteiger partial charge in [0, 0.05) is 17.6 Å². The fourth-order valence-electron chi connectivity index (χ4n) is 2.77. The van der Waals surface area contributed by atoms with Gasteiger partial charge in [0.25, 0.3) is 0 Å². The molecule has 1 aromatic heterocycles. The van der Waals surface area contributed by atoms with Crippen molar-refractivity contribution in [1.29, 1.82) is 0 Å². The van der Waals surface area contributed by atoms with Crippen LogP contribution in [0.3, 0.4) is 0 Å². The number of rotatable bonds is 4. The van der Waals surface area contributed by atoms with Crippen molar-refractivity contribution in [2.45, 2.75) is 31.7 Å². The molecule has 3 rings (SSSR count). The molecule has 1 unspecified atom stereocenters. The van der Waals surface area contributed by atoms with Crippen LogP contribution in [-0.4, -0.2) is 4.98 Å². The van der Waals surface area contributed by atoms with E-state index in [0.717, 1.165) is 17.9 Å². The van der Waals surface area contributed by atoms with Gasteiger partial charge in [0.05, 0.1) is 5.52 Å². The Balaban J connectivity index is 1.95. The number of hydrazine groups is 1. The molecule has 1 atom stereocenters. The van der Waals surface area contributed by atoms with Crippen LogP contribution in [0.15, 0.2) is 36.5 Å². The summed E-state index contributed by atoms with van der Waals surface area (Å²) in [5.74, 6) is 6.58. The van der Waals surface area contributed by atoms with Crippen molar-refractivity contribution < 1.29 is 0 Å². The zero-order valence-electron chi connectivity index (χ0n) is 10.5. The van der Waals surface area contributed by atoms with Crippen LogP contribution in [-0.2, 0) is 0 Å². The Morgan fingerprint density at radius 1 is 1.28 bits per heavy atom. The molecule has 1 aliphatic carbocycles. The molecule has 1 fully saturated rings. The summed E-state index contributed by atoms with van der Waals surface area (Å²) in [5.41, 5.74) is 5.30. The number of pyridine rings is 1. The first kappa shape index (κ1) is 11.6. The van der Waals surface area contributed by atoms with Gasteiger partial charge in [-0.25, -0.2) is 0 Å². The molecule has 3 N–H and O–H groups in total. The highest BCUT2D eigenvalue weighted by Gasteiger charge is 2.23. The number of hydrogen-bond donors (Lipinski definition) is 2. The van der Waals surface area contributed by atoms with Crippen molar-refractivity contribution in [3.8, 4) is 0 Å². The molecule has 0 spiro atoms. The summed E-state index contributed by atoms with van der Waals surface area (Å²) in [6.07, 6.45) is 7.08. The summed E-state index contributed by atoms with van der Waals surface area (Å²) in [6, 6.07) is 10.6. The van der Waals surface area contributed by atoms with Crippen LogP contribution in [0.25, 0.3) is 10.9 Å². The van der Waals surface area contributed by atoms with E-state index in [2.05, 4.69) is 34.7 Å². The van der Waals surface area contributed by atoms with Crippen molar-refractivity contribution in [3.63, 3.8) is 0 Å². The molecule has 0 aliphatic heterocycles. The third kappa shape index (κ3) is 2.11. The van der Waals surface area contributed by atoms with Crippen LogP contribution in [0.2, 0.25) is 0 Å². The quantitative estimate of drug-likeness (QED) is 0.639. The third-order valence-corrected chi connectivity index (χ3v) is 4.05. The summed E-state index contributed by atoms with van der Waals surface area (Å²) in [5, 5.41) is 1.21. The highest BCUT2D eigenvalue weighted by molar-refractivity contribution is 5.82. The number of para-hydroxylation sites is 1. The van der Waals surface area contributed by atoms with Gasteiger partial charge in [-0.15, -0.1) is 0 Å². The first-order valence-electron chi connectivity index (χ1n) is 6.68. The van der Waals surface area contributed by atoms with E-state index in [1.54, 1.807) is 0 Å². The lowest BCUT2D eigenvalue weighted by Crippen LogP contribution is -2.31. The Morgan fingerprint density at radius 3 is 2.83 bits per heavy atom. The van der Waals surface area contributed by atoms with Gasteiger partial charge in [-0.3, -0.25) is 16.3 Å².